The first-order valence-electron chi connectivity index (χ1n) is 12.4. The van der Waals surface area contributed by atoms with Crippen LogP contribution < -0.4 is 5.43 Å². The fraction of sp³-hybridized carbons (Fsp3) is 0.300. The van der Waals surface area contributed by atoms with Crippen LogP contribution in [0.3, 0.4) is 0 Å². The molecule has 1 heterocycles. The van der Waals surface area contributed by atoms with Gasteiger partial charge in [-0.05, 0) is 54.2 Å². The maximum absolute atomic E-state index is 12.9. The van der Waals surface area contributed by atoms with E-state index in [1.54, 1.807) is 12.1 Å². The summed E-state index contributed by atoms with van der Waals surface area (Å²) in [6, 6.07) is 19.1. The molecule has 1 N–H and O–H groups in total. The third kappa shape index (κ3) is 5.04. The molecule has 0 bridgehead atoms. The van der Waals surface area contributed by atoms with Crippen LogP contribution in [0.4, 0.5) is 0 Å². The van der Waals surface area contributed by atoms with Crippen molar-refractivity contribution in [1.82, 2.24) is 9.55 Å². The highest BCUT2D eigenvalue weighted by molar-refractivity contribution is 5.96. The summed E-state index contributed by atoms with van der Waals surface area (Å²) in [5.74, 6) is 0.101. The van der Waals surface area contributed by atoms with E-state index in [-0.39, 0.29) is 5.43 Å². The lowest BCUT2D eigenvalue weighted by Crippen LogP contribution is -2.10. The number of hydrogen-bond acceptors (Lipinski definition) is 3. The fourth-order valence-electron chi connectivity index (χ4n) is 4.58. The Morgan fingerprint density at radius 3 is 2.29 bits per heavy atom. The molecule has 1 aromatic heterocycles. The van der Waals surface area contributed by atoms with Crippen molar-refractivity contribution in [3.8, 4) is 11.1 Å². The average Bonchev–Trinajstić information content (AvgIpc) is 3.12. The first-order chi connectivity index (χ1) is 17.0. The van der Waals surface area contributed by atoms with E-state index in [0.717, 1.165) is 58.4 Å². The third-order valence-electron chi connectivity index (χ3n) is 6.60. The number of carboxylic acids is 1. The molecule has 4 rings (SSSR count). The Kier molecular flexibility index (Phi) is 7.45. The molecular formula is C30H32N2O3. The number of carboxylic acid groups (broad SMARTS) is 1. The van der Waals surface area contributed by atoms with Gasteiger partial charge in [0.15, 0.2) is 5.43 Å². The first kappa shape index (κ1) is 24.4. The lowest BCUT2D eigenvalue weighted by Gasteiger charge is -2.11. The summed E-state index contributed by atoms with van der Waals surface area (Å²) in [4.78, 5) is 29.5. The smallest absolute Gasteiger partial charge is 0.336 e. The van der Waals surface area contributed by atoms with Crippen LogP contribution in [0.25, 0.3) is 22.2 Å². The van der Waals surface area contributed by atoms with Crippen LogP contribution in [0.1, 0.15) is 66.5 Å². The van der Waals surface area contributed by atoms with Gasteiger partial charge in [0.2, 0.25) is 0 Å². The predicted molar refractivity (Wildman–Crippen MR) is 141 cm³/mol. The summed E-state index contributed by atoms with van der Waals surface area (Å²) in [6.45, 7) is 6.85. The lowest BCUT2D eigenvalue weighted by atomic mass is 9.99. The normalized spacial score (nSPS) is 11.2. The molecule has 0 radical (unpaired) electrons. The Hall–Kier alpha value is -3.73. The van der Waals surface area contributed by atoms with Crippen LogP contribution in [-0.4, -0.2) is 20.6 Å². The van der Waals surface area contributed by atoms with E-state index in [4.69, 9.17) is 4.98 Å². The number of rotatable bonds is 9. The number of benzene rings is 2. The number of aromatic carboxylic acids is 1. The Bertz CT molecular complexity index is 1420. The Balaban J connectivity index is 1.78. The van der Waals surface area contributed by atoms with E-state index >= 15 is 0 Å². The molecule has 4 aromatic rings. The molecule has 35 heavy (non-hydrogen) atoms. The Morgan fingerprint density at radius 1 is 0.943 bits per heavy atom. The van der Waals surface area contributed by atoms with Gasteiger partial charge in [0.1, 0.15) is 5.82 Å². The second-order valence-corrected chi connectivity index (χ2v) is 8.91. The largest absolute Gasteiger partial charge is 0.478 e. The molecule has 0 aliphatic heterocycles. The first-order valence-corrected chi connectivity index (χ1v) is 12.4. The maximum atomic E-state index is 12.9. The molecule has 0 saturated carbocycles. The summed E-state index contributed by atoms with van der Waals surface area (Å²) >= 11 is 0. The molecule has 0 atom stereocenters. The van der Waals surface area contributed by atoms with Gasteiger partial charge in [-0.1, -0.05) is 69.7 Å². The molecule has 0 saturated heterocycles. The minimum Gasteiger partial charge on any atom is -0.478 e. The van der Waals surface area contributed by atoms with Crippen molar-refractivity contribution in [2.75, 3.05) is 0 Å². The van der Waals surface area contributed by atoms with Crippen molar-refractivity contribution >= 4 is 17.0 Å². The molecule has 180 valence electrons. The molecule has 3 aromatic carbocycles. The van der Waals surface area contributed by atoms with Gasteiger partial charge >= 0.3 is 5.97 Å². The van der Waals surface area contributed by atoms with Gasteiger partial charge in [0, 0.05) is 24.1 Å². The average molecular weight is 469 g/mol. The van der Waals surface area contributed by atoms with Crippen molar-refractivity contribution in [2.45, 2.75) is 59.4 Å². The standard InChI is InChI=1S/C30H32N2O3/c1-4-7-12-28-31-26-17-21(5-2)29(33)22(6-3)18-27(26)32(28)19-20-13-15-23(16-14-20)24-10-8-9-11-25(24)30(34)35/h8-11,13-18H,4-7,12,19H2,1-3H3,(H,34,35). The van der Waals surface area contributed by atoms with Crippen LogP contribution in [0, 0.1) is 0 Å². The van der Waals surface area contributed by atoms with Gasteiger partial charge < -0.3 is 9.67 Å². The molecule has 5 nitrogen and oxygen atoms in total. The maximum Gasteiger partial charge on any atom is 0.336 e. The molecule has 0 aliphatic carbocycles. The van der Waals surface area contributed by atoms with Crippen molar-refractivity contribution in [3.63, 3.8) is 0 Å². The number of fused-ring (bicyclic) bond motifs is 1. The van der Waals surface area contributed by atoms with Crippen LogP contribution in [0.5, 0.6) is 0 Å². The lowest BCUT2D eigenvalue weighted by molar-refractivity contribution is 0.0697. The van der Waals surface area contributed by atoms with E-state index in [9.17, 15) is 14.7 Å². The van der Waals surface area contributed by atoms with E-state index in [1.165, 1.54) is 0 Å². The van der Waals surface area contributed by atoms with Crippen LogP contribution in [0.15, 0.2) is 65.5 Å². The number of nitrogens with zero attached hydrogens (tertiary/aromatic N) is 2. The van der Waals surface area contributed by atoms with Crippen LogP contribution >= 0.6 is 0 Å². The van der Waals surface area contributed by atoms with Gasteiger partial charge in [-0.3, -0.25) is 4.79 Å². The van der Waals surface area contributed by atoms with Crippen molar-refractivity contribution in [1.29, 1.82) is 0 Å². The van der Waals surface area contributed by atoms with Gasteiger partial charge in [-0.25, -0.2) is 9.78 Å². The van der Waals surface area contributed by atoms with E-state index in [2.05, 4.69) is 11.5 Å². The van der Waals surface area contributed by atoms with E-state index in [1.807, 2.05) is 62.4 Å². The summed E-state index contributed by atoms with van der Waals surface area (Å²) in [7, 11) is 0. The van der Waals surface area contributed by atoms with Crippen molar-refractivity contribution in [3.05, 3.63) is 99.0 Å². The minimum atomic E-state index is -0.932. The number of carbonyl (C=O) groups is 1. The van der Waals surface area contributed by atoms with Crippen LogP contribution in [-0.2, 0) is 25.8 Å². The number of imidazole rings is 1. The third-order valence-corrected chi connectivity index (χ3v) is 6.60. The molecule has 0 unspecified atom stereocenters. The summed E-state index contributed by atoms with van der Waals surface area (Å²) < 4.78 is 2.24. The quantitative estimate of drug-likeness (QED) is 0.314. The van der Waals surface area contributed by atoms with Gasteiger partial charge in [0.25, 0.3) is 0 Å². The predicted octanol–water partition coefficient (Wildman–Crippen LogP) is 6.28. The van der Waals surface area contributed by atoms with Crippen LogP contribution in [0.2, 0.25) is 0 Å². The molecule has 0 amide bonds. The second kappa shape index (κ2) is 10.7. The number of aromatic nitrogens is 2. The minimum absolute atomic E-state index is 0.121. The molecule has 5 heteroatoms. The summed E-state index contributed by atoms with van der Waals surface area (Å²) in [6.07, 6.45) is 4.38. The Labute approximate surface area is 206 Å². The molecule has 0 fully saturated rings. The monoisotopic (exact) mass is 468 g/mol. The summed E-state index contributed by atoms with van der Waals surface area (Å²) in [5.41, 5.74) is 6.59. The zero-order valence-electron chi connectivity index (χ0n) is 20.7. The van der Waals surface area contributed by atoms with Gasteiger partial charge in [-0.2, -0.15) is 0 Å². The SMILES string of the molecule is CCCCc1nc2cc(CC)c(=O)c(CC)cc2n1Cc1ccc(-c2ccccc2C(=O)O)cc1. The van der Waals surface area contributed by atoms with E-state index < -0.39 is 5.97 Å². The summed E-state index contributed by atoms with van der Waals surface area (Å²) in [5, 5.41) is 9.54. The number of aryl methyl sites for hydroxylation is 3. The zero-order valence-corrected chi connectivity index (χ0v) is 20.7. The van der Waals surface area contributed by atoms with E-state index in [0.29, 0.717) is 30.5 Å². The highest BCUT2D eigenvalue weighted by Gasteiger charge is 2.15. The van der Waals surface area contributed by atoms with Gasteiger partial charge in [0.05, 0.1) is 16.6 Å². The topological polar surface area (TPSA) is 72.2 Å². The highest BCUT2D eigenvalue weighted by Crippen LogP contribution is 2.26. The molecule has 0 spiro atoms. The fourth-order valence-corrected chi connectivity index (χ4v) is 4.58. The van der Waals surface area contributed by atoms with Gasteiger partial charge in [-0.15, -0.1) is 0 Å². The Morgan fingerprint density at radius 2 is 1.63 bits per heavy atom. The number of hydrogen-bond donors (Lipinski definition) is 1. The highest BCUT2D eigenvalue weighted by atomic mass is 16.4. The van der Waals surface area contributed by atoms with Crippen molar-refractivity contribution in [2.24, 2.45) is 0 Å². The number of unbranched alkanes of at least 4 members (excludes halogenated alkanes) is 1. The molecular weight excluding hydrogens is 436 g/mol. The molecule has 0 aliphatic rings. The van der Waals surface area contributed by atoms with Crippen molar-refractivity contribution < 1.29 is 9.90 Å². The second-order valence-electron chi connectivity index (χ2n) is 8.91. The zero-order chi connectivity index (χ0) is 24.9.